The molecule has 30 heavy (non-hydrogen) atoms. The van der Waals surface area contributed by atoms with E-state index in [2.05, 4.69) is 12.1 Å². The van der Waals surface area contributed by atoms with E-state index in [0.29, 0.717) is 31.1 Å². The van der Waals surface area contributed by atoms with Gasteiger partial charge in [-0.2, -0.15) is 0 Å². The van der Waals surface area contributed by atoms with Gasteiger partial charge in [-0.1, -0.05) is 30.3 Å². The summed E-state index contributed by atoms with van der Waals surface area (Å²) in [5.74, 6) is 1.23. The molecule has 2 aromatic carbocycles. The number of fused-ring (bicyclic) bond motifs is 4. The summed E-state index contributed by atoms with van der Waals surface area (Å²) in [7, 11) is 1.62. The van der Waals surface area contributed by atoms with Crippen molar-refractivity contribution in [1.82, 2.24) is 9.47 Å². The largest absolute Gasteiger partial charge is 0.497 e. The number of methoxy groups -OCH3 is 1. The lowest BCUT2D eigenvalue weighted by molar-refractivity contribution is 0.0595. The third-order valence-electron chi connectivity index (χ3n) is 6.30. The summed E-state index contributed by atoms with van der Waals surface area (Å²) < 4.78 is 7.14. The van der Waals surface area contributed by atoms with Gasteiger partial charge in [-0.05, 0) is 48.2 Å². The van der Waals surface area contributed by atoms with E-state index in [4.69, 9.17) is 4.74 Å². The van der Waals surface area contributed by atoms with E-state index in [1.165, 1.54) is 0 Å². The van der Waals surface area contributed by atoms with Crippen LogP contribution in [0.2, 0.25) is 0 Å². The van der Waals surface area contributed by atoms with Crippen molar-refractivity contribution >= 4 is 5.91 Å². The van der Waals surface area contributed by atoms with Crippen LogP contribution in [0.3, 0.4) is 0 Å². The zero-order valence-electron chi connectivity index (χ0n) is 17.0. The van der Waals surface area contributed by atoms with E-state index in [9.17, 15) is 9.59 Å². The molecule has 0 aliphatic carbocycles. The summed E-state index contributed by atoms with van der Waals surface area (Å²) in [6.45, 7) is 1.98. The number of amides is 1. The molecule has 2 aliphatic heterocycles. The molecule has 3 heterocycles. The second kappa shape index (κ2) is 7.48. The molecule has 5 nitrogen and oxygen atoms in total. The highest BCUT2D eigenvalue weighted by Crippen LogP contribution is 2.40. The molecule has 0 saturated carbocycles. The van der Waals surface area contributed by atoms with Gasteiger partial charge < -0.3 is 14.2 Å². The Labute approximate surface area is 175 Å². The lowest BCUT2D eigenvalue weighted by Crippen LogP contribution is -2.49. The van der Waals surface area contributed by atoms with Gasteiger partial charge in [0.1, 0.15) is 5.75 Å². The first kappa shape index (κ1) is 18.7. The maximum Gasteiger partial charge on any atom is 0.253 e. The van der Waals surface area contributed by atoms with Gasteiger partial charge in [-0.15, -0.1) is 0 Å². The minimum absolute atomic E-state index is 0.0420. The molecule has 0 unspecified atom stereocenters. The summed E-state index contributed by atoms with van der Waals surface area (Å²) in [5, 5.41) is 0. The van der Waals surface area contributed by atoms with E-state index < -0.39 is 0 Å². The Hall–Kier alpha value is -3.34. The van der Waals surface area contributed by atoms with Gasteiger partial charge >= 0.3 is 0 Å². The zero-order valence-corrected chi connectivity index (χ0v) is 17.0. The van der Waals surface area contributed by atoms with E-state index in [-0.39, 0.29) is 17.4 Å². The van der Waals surface area contributed by atoms with Gasteiger partial charge in [0.05, 0.1) is 7.11 Å². The average molecular weight is 400 g/mol. The minimum Gasteiger partial charge on any atom is -0.497 e. The highest BCUT2D eigenvalue weighted by molar-refractivity contribution is 5.94. The summed E-state index contributed by atoms with van der Waals surface area (Å²) in [4.78, 5) is 27.8. The van der Waals surface area contributed by atoms with Crippen molar-refractivity contribution in [1.29, 1.82) is 0 Å². The van der Waals surface area contributed by atoms with Crippen LogP contribution in [0.25, 0.3) is 11.1 Å². The zero-order chi connectivity index (χ0) is 20.7. The maximum absolute atomic E-state index is 13.2. The molecular formula is C25H24N2O3. The van der Waals surface area contributed by atoms with Crippen molar-refractivity contribution in [3.05, 3.63) is 88.3 Å². The van der Waals surface area contributed by atoms with E-state index in [1.807, 2.05) is 58.0 Å². The number of piperidine rings is 1. The molecule has 152 valence electrons. The first-order chi connectivity index (χ1) is 14.6. The first-order valence-electron chi connectivity index (χ1n) is 10.4. The third kappa shape index (κ3) is 3.20. The number of aromatic nitrogens is 1. The second-order valence-corrected chi connectivity index (χ2v) is 8.18. The molecule has 0 radical (unpaired) electrons. The lowest BCUT2D eigenvalue weighted by Gasteiger charge is -2.43. The van der Waals surface area contributed by atoms with Gasteiger partial charge in [-0.25, -0.2) is 0 Å². The standard InChI is InChI=1S/C25H24N2O3/c1-30-21-9-7-19(8-10-21)25(29)26-14-17-13-20(16-26)24-22(18-5-3-2-4-6-18)11-12-23(28)27(24)15-17/h2-12,17,20H,13-16H2,1H3/t17-,20+/m0/s1. The van der Waals surface area contributed by atoms with Crippen molar-refractivity contribution in [3.63, 3.8) is 0 Å². The molecule has 0 N–H and O–H groups in total. The number of pyridine rings is 1. The van der Waals surface area contributed by atoms with E-state index in [0.717, 1.165) is 29.0 Å². The topological polar surface area (TPSA) is 51.5 Å². The predicted molar refractivity (Wildman–Crippen MR) is 116 cm³/mol. The number of nitrogens with zero attached hydrogens (tertiary/aromatic N) is 2. The number of rotatable bonds is 3. The van der Waals surface area contributed by atoms with Crippen LogP contribution >= 0.6 is 0 Å². The van der Waals surface area contributed by atoms with Crippen LogP contribution < -0.4 is 10.3 Å². The number of benzene rings is 2. The Morgan fingerprint density at radius 3 is 2.43 bits per heavy atom. The molecule has 2 atom stereocenters. The predicted octanol–water partition coefficient (Wildman–Crippen LogP) is 3.78. The normalized spacial score (nSPS) is 19.8. The van der Waals surface area contributed by atoms with Crippen LogP contribution in [0.5, 0.6) is 5.75 Å². The lowest BCUT2D eigenvalue weighted by atomic mass is 9.80. The smallest absolute Gasteiger partial charge is 0.253 e. The third-order valence-corrected chi connectivity index (χ3v) is 6.30. The van der Waals surface area contributed by atoms with Crippen molar-refractivity contribution in [2.24, 2.45) is 5.92 Å². The Balaban J connectivity index is 1.50. The molecule has 5 heteroatoms. The molecule has 5 rings (SSSR count). The Morgan fingerprint density at radius 2 is 1.70 bits per heavy atom. The fraction of sp³-hybridized carbons (Fsp3) is 0.280. The van der Waals surface area contributed by atoms with Crippen molar-refractivity contribution in [3.8, 4) is 16.9 Å². The van der Waals surface area contributed by atoms with E-state index in [1.54, 1.807) is 13.2 Å². The molecule has 1 aromatic heterocycles. The number of carbonyl (C=O) groups excluding carboxylic acids is 1. The minimum atomic E-state index is 0.0420. The first-order valence-corrected chi connectivity index (χ1v) is 10.4. The number of carbonyl (C=O) groups is 1. The van der Waals surface area contributed by atoms with Gasteiger partial charge in [0, 0.05) is 48.4 Å². The van der Waals surface area contributed by atoms with Crippen LogP contribution in [-0.2, 0) is 6.54 Å². The number of ether oxygens (including phenoxy) is 1. The fourth-order valence-electron chi connectivity index (χ4n) is 4.96. The van der Waals surface area contributed by atoms with Crippen LogP contribution in [0, 0.1) is 5.92 Å². The van der Waals surface area contributed by atoms with Gasteiger partial charge in [0.2, 0.25) is 0 Å². The molecule has 1 amide bonds. The average Bonchev–Trinajstić information content (AvgIpc) is 2.80. The van der Waals surface area contributed by atoms with Gasteiger partial charge in [0.25, 0.3) is 11.5 Å². The molecule has 2 bridgehead atoms. The van der Waals surface area contributed by atoms with Crippen LogP contribution in [0.1, 0.15) is 28.4 Å². The summed E-state index contributed by atoms with van der Waals surface area (Å²) in [5.41, 5.74) is 3.99. The summed E-state index contributed by atoms with van der Waals surface area (Å²) in [6.07, 6.45) is 1.01. The van der Waals surface area contributed by atoms with Crippen LogP contribution in [-0.4, -0.2) is 35.6 Å². The molecule has 3 aromatic rings. The maximum atomic E-state index is 13.2. The van der Waals surface area contributed by atoms with Crippen LogP contribution in [0.15, 0.2) is 71.5 Å². The monoisotopic (exact) mass is 400 g/mol. The number of hydrogen-bond donors (Lipinski definition) is 0. The van der Waals surface area contributed by atoms with Crippen molar-refractivity contribution in [2.45, 2.75) is 18.9 Å². The molecule has 1 fully saturated rings. The Bertz CT molecular complexity index is 1140. The van der Waals surface area contributed by atoms with Gasteiger partial charge in [0.15, 0.2) is 0 Å². The van der Waals surface area contributed by atoms with Crippen molar-refractivity contribution < 1.29 is 9.53 Å². The number of likely N-dealkylation sites (tertiary alicyclic amines) is 1. The highest BCUT2D eigenvalue weighted by atomic mass is 16.5. The fourth-order valence-corrected chi connectivity index (χ4v) is 4.96. The quantitative estimate of drug-likeness (QED) is 0.672. The summed E-state index contributed by atoms with van der Waals surface area (Å²) in [6, 6.07) is 21.1. The molecule has 2 aliphatic rings. The molecular weight excluding hydrogens is 376 g/mol. The second-order valence-electron chi connectivity index (χ2n) is 8.18. The van der Waals surface area contributed by atoms with Gasteiger partial charge in [-0.3, -0.25) is 9.59 Å². The molecule has 1 saturated heterocycles. The molecule has 0 spiro atoms. The Kier molecular flexibility index (Phi) is 4.66. The van der Waals surface area contributed by atoms with Crippen molar-refractivity contribution in [2.75, 3.05) is 20.2 Å². The summed E-state index contributed by atoms with van der Waals surface area (Å²) >= 11 is 0. The Morgan fingerprint density at radius 1 is 0.933 bits per heavy atom. The highest BCUT2D eigenvalue weighted by Gasteiger charge is 2.38. The van der Waals surface area contributed by atoms with E-state index >= 15 is 0 Å². The SMILES string of the molecule is COc1ccc(C(=O)N2C[C@@H]3C[C@H](C2)c2c(-c4ccccc4)ccc(=O)n2C3)cc1. The van der Waals surface area contributed by atoms with Crippen LogP contribution in [0.4, 0.5) is 0 Å². The number of hydrogen-bond acceptors (Lipinski definition) is 3.